The molecule has 0 fully saturated rings. The molecule has 94 valence electrons. The number of amides is 1. The average molecular weight is 230 g/mol. The Kier molecular flexibility index (Phi) is 8.24. The third-order valence-electron chi connectivity index (χ3n) is 1.95. The minimum Gasteiger partial charge on any atom is -0.383 e. The van der Waals surface area contributed by atoms with E-state index in [1.807, 2.05) is 0 Å². The molecule has 0 aliphatic heterocycles. The first-order valence-corrected chi connectivity index (χ1v) is 5.25. The maximum Gasteiger partial charge on any atom is 0.223 e. The van der Waals surface area contributed by atoms with Crippen LogP contribution in [0.25, 0.3) is 0 Å². The Morgan fingerprint density at radius 1 is 1.31 bits per heavy atom. The average Bonchev–Trinajstić information content (AvgIpc) is 2.26. The van der Waals surface area contributed by atoms with Crippen molar-refractivity contribution in [3.8, 4) is 0 Å². The molecule has 0 atom stereocenters. The number of ether oxygens (including phenoxy) is 1. The lowest BCUT2D eigenvalue weighted by Gasteiger charge is -2.13. The van der Waals surface area contributed by atoms with Crippen LogP contribution in [0.15, 0.2) is 4.99 Å². The first-order chi connectivity index (χ1) is 7.61. The van der Waals surface area contributed by atoms with Crippen LogP contribution in [0.5, 0.6) is 0 Å². The van der Waals surface area contributed by atoms with Gasteiger partial charge in [0.25, 0.3) is 0 Å². The fourth-order valence-electron chi connectivity index (χ4n) is 1.00. The summed E-state index contributed by atoms with van der Waals surface area (Å²) < 4.78 is 4.90. The van der Waals surface area contributed by atoms with E-state index < -0.39 is 0 Å². The number of carbonyl (C=O) groups is 1. The molecule has 1 amide bonds. The van der Waals surface area contributed by atoms with Crippen molar-refractivity contribution in [2.75, 3.05) is 47.9 Å². The highest BCUT2D eigenvalue weighted by atomic mass is 16.5. The number of rotatable bonds is 6. The lowest BCUT2D eigenvalue weighted by Crippen LogP contribution is -2.40. The van der Waals surface area contributed by atoms with Crippen molar-refractivity contribution in [1.82, 2.24) is 15.5 Å². The molecule has 2 N–H and O–H groups in total. The minimum absolute atomic E-state index is 0.0971. The molecule has 0 radical (unpaired) electrons. The van der Waals surface area contributed by atoms with E-state index in [0.29, 0.717) is 32.1 Å². The number of carbonyl (C=O) groups excluding carboxylic acids is 1. The number of hydrogen-bond acceptors (Lipinski definition) is 3. The fourth-order valence-corrected chi connectivity index (χ4v) is 1.00. The molecule has 0 unspecified atom stereocenters. The lowest BCUT2D eigenvalue weighted by molar-refractivity contribution is -0.128. The molecule has 0 aliphatic rings. The van der Waals surface area contributed by atoms with Gasteiger partial charge >= 0.3 is 0 Å². The quantitative estimate of drug-likeness (QED) is 0.359. The summed E-state index contributed by atoms with van der Waals surface area (Å²) in [7, 11) is 6.82. The van der Waals surface area contributed by atoms with Crippen LogP contribution in [-0.2, 0) is 9.53 Å². The summed E-state index contributed by atoms with van der Waals surface area (Å²) in [5, 5.41) is 6.11. The number of aliphatic imine (C=N–C) groups is 1. The number of nitrogens with zero attached hydrogens (tertiary/aromatic N) is 2. The highest BCUT2D eigenvalue weighted by Gasteiger charge is 2.03. The van der Waals surface area contributed by atoms with Crippen LogP contribution in [0.4, 0.5) is 0 Å². The van der Waals surface area contributed by atoms with Crippen molar-refractivity contribution in [3.63, 3.8) is 0 Å². The molecule has 0 spiro atoms. The zero-order chi connectivity index (χ0) is 12.4. The van der Waals surface area contributed by atoms with E-state index in [9.17, 15) is 4.79 Å². The van der Waals surface area contributed by atoms with Crippen molar-refractivity contribution < 1.29 is 9.53 Å². The molecule has 0 aliphatic carbocycles. The number of guanidine groups is 1. The van der Waals surface area contributed by atoms with Crippen molar-refractivity contribution in [3.05, 3.63) is 0 Å². The fraction of sp³-hybridized carbons (Fsp3) is 0.800. The Morgan fingerprint density at radius 2 is 1.94 bits per heavy atom. The monoisotopic (exact) mass is 230 g/mol. The molecule has 0 aromatic rings. The van der Waals surface area contributed by atoms with E-state index in [-0.39, 0.29) is 5.91 Å². The summed E-state index contributed by atoms with van der Waals surface area (Å²) in [5.41, 5.74) is 0. The van der Waals surface area contributed by atoms with Crippen molar-refractivity contribution in [1.29, 1.82) is 0 Å². The predicted molar refractivity (Wildman–Crippen MR) is 64.6 cm³/mol. The lowest BCUT2D eigenvalue weighted by atomic mass is 10.4. The van der Waals surface area contributed by atoms with Crippen molar-refractivity contribution in [2.24, 2.45) is 4.99 Å². The highest BCUT2D eigenvalue weighted by molar-refractivity contribution is 5.81. The van der Waals surface area contributed by atoms with Gasteiger partial charge in [-0.2, -0.15) is 0 Å². The van der Waals surface area contributed by atoms with Crippen LogP contribution in [0.1, 0.15) is 6.42 Å². The Hall–Kier alpha value is -1.30. The molecule has 6 nitrogen and oxygen atoms in total. The molecule has 0 saturated heterocycles. The van der Waals surface area contributed by atoms with Gasteiger partial charge in [0.1, 0.15) is 0 Å². The topological polar surface area (TPSA) is 66.0 Å². The molecule has 0 rings (SSSR count). The summed E-state index contributed by atoms with van der Waals surface area (Å²) >= 11 is 0. The molecule has 0 aromatic carbocycles. The van der Waals surface area contributed by atoms with Gasteiger partial charge in [-0.3, -0.25) is 9.79 Å². The Labute approximate surface area is 97.1 Å². The summed E-state index contributed by atoms with van der Waals surface area (Å²) in [6.45, 7) is 1.89. The zero-order valence-electron chi connectivity index (χ0n) is 10.5. The Morgan fingerprint density at radius 3 is 2.44 bits per heavy atom. The van der Waals surface area contributed by atoms with Gasteiger partial charge in [0.05, 0.1) is 6.61 Å². The van der Waals surface area contributed by atoms with Crippen molar-refractivity contribution >= 4 is 11.9 Å². The van der Waals surface area contributed by atoms with E-state index in [4.69, 9.17) is 4.74 Å². The van der Waals surface area contributed by atoms with Crippen LogP contribution in [0.2, 0.25) is 0 Å². The van der Waals surface area contributed by atoms with Gasteiger partial charge in [0.15, 0.2) is 5.96 Å². The summed E-state index contributed by atoms with van der Waals surface area (Å²) in [6, 6.07) is 0. The van der Waals surface area contributed by atoms with Gasteiger partial charge < -0.3 is 20.3 Å². The minimum atomic E-state index is 0.0971. The first kappa shape index (κ1) is 14.7. The normalized spacial score (nSPS) is 11.1. The standard InChI is InChI=1S/C10H22N4O2/c1-11-10(13-7-8-16-4)12-6-5-9(15)14(2)3/h5-8H2,1-4H3,(H2,11,12,13). The Balaban J connectivity index is 3.68. The van der Waals surface area contributed by atoms with E-state index in [1.165, 1.54) is 0 Å². The van der Waals surface area contributed by atoms with Crippen molar-refractivity contribution in [2.45, 2.75) is 6.42 Å². The SMILES string of the molecule is CN=C(NCCOC)NCCC(=O)N(C)C. The van der Waals surface area contributed by atoms with Crippen LogP contribution < -0.4 is 10.6 Å². The maximum atomic E-state index is 11.3. The molecule has 6 heteroatoms. The second-order valence-electron chi connectivity index (χ2n) is 3.46. The van der Waals surface area contributed by atoms with Gasteiger partial charge in [-0.05, 0) is 0 Å². The third kappa shape index (κ3) is 7.05. The number of hydrogen-bond donors (Lipinski definition) is 2. The first-order valence-electron chi connectivity index (χ1n) is 5.25. The maximum absolute atomic E-state index is 11.3. The van der Waals surface area contributed by atoms with Crippen LogP contribution in [0, 0.1) is 0 Å². The van der Waals surface area contributed by atoms with Crippen LogP contribution in [0.3, 0.4) is 0 Å². The van der Waals surface area contributed by atoms with E-state index in [0.717, 1.165) is 0 Å². The molecular weight excluding hydrogens is 208 g/mol. The smallest absolute Gasteiger partial charge is 0.223 e. The van der Waals surface area contributed by atoms with Gasteiger partial charge in [-0.25, -0.2) is 0 Å². The van der Waals surface area contributed by atoms with Crippen LogP contribution in [-0.4, -0.2) is 64.7 Å². The summed E-state index contributed by atoms with van der Waals surface area (Å²) in [5.74, 6) is 0.781. The summed E-state index contributed by atoms with van der Waals surface area (Å²) in [4.78, 5) is 16.9. The molecule has 0 heterocycles. The van der Waals surface area contributed by atoms with E-state index in [2.05, 4.69) is 15.6 Å². The molecule has 16 heavy (non-hydrogen) atoms. The van der Waals surface area contributed by atoms with Gasteiger partial charge in [-0.15, -0.1) is 0 Å². The largest absolute Gasteiger partial charge is 0.383 e. The zero-order valence-corrected chi connectivity index (χ0v) is 10.5. The van der Waals surface area contributed by atoms with E-state index in [1.54, 1.807) is 33.2 Å². The second kappa shape index (κ2) is 8.96. The predicted octanol–water partition coefficient (Wildman–Crippen LogP) is -0.724. The Bertz CT molecular complexity index is 229. The van der Waals surface area contributed by atoms with Gasteiger partial charge in [0.2, 0.25) is 5.91 Å². The molecule has 0 saturated carbocycles. The molecular formula is C10H22N4O2. The van der Waals surface area contributed by atoms with Crippen LogP contribution >= 0.6 is 0 Å². The highest BCUT2D eigenvalue weighted by Crippen LogP contribution is 1.84. The third-order valence-corrected chi connectivity index (χ3v) is 1.95. The summed E-state index contributed by atoms with van der Waals surface area (Å²) in [6.07, 6.45) is 0.456. The van der Waals surface area contributed by atoms with Gasteiger partial charge in [-0.1, -0.05) is 0 Å². The second-order valence-corrected chi connectivity index (χ2v) is 3.46. The van der Waals surface area contributed by atoms with Gasteiger partial charge in [0, 0.05) is 47.8 Å². The number of nitrogens with one attached hydrogen (secondary N) is 2. The number of methoxy groups -OCH3 is 1. The van der Waals surface area contributed by atoms with E-state index >= 15 is 0 Å². The molecule has 0 aromatic heterocycles. The molecule has 0 bridgehead atoms.